The fourth-order valence-corrected chi connectivity index (χ4v) is 9.87. The summed E-state index contributed by atoms with van der Waals surface area (Å²) in [5, 5.41) is 9.90. The van der Waals surface area contributed by atoms with Gasteiger partial charge in [-0.05, 0) is 115 Å². The Hall–Kier alpha value is -8.20. The quantitative estimate of drug-likeness (QED) is 0.146. The predicted octanol–water partition coefficient (Wildman–Crippen LogP) is 16.7. The van der Waals surface area contributed by atoms with E-state index in [-0.39, 0.29) is 0 Å². The van der Waals surface area contributed by atoms with Gasteiger partial charge < -0.3 is 9.47 Å². The van der Waals surface area contributed by atoms with Crippen LogP contribution >= 0.6 is 0 Å². The van der Waals surface area contributed by atoms with Gasteiger partial charge in [0.25, 0.3) is 0 Å². The van der Waals surface area contributed by atoms with Gasteiger partial charge in [0.2, 0.25) is 0 Å². The van der Waals surface area contributed by atoms with Gasteiger partial charge in [0.05, 0.1) is 16.7 Å². The molecule has 12 aromatic rings. The molecule has 0 fully saturated rings. The second-order valence-corrected chi connectivity index (χ2v) is 16.0. The number of anilines is 3. The highest BCUT2D eigenvalue weighted by atomic mass is 15.1. The number of benzene rings is 11. The minimum Gasteiger partial charge on any atom is -0.310 e. The molecular formula is C60H40N2. The van der Waals surface area contributed by atoms with Gasteiger partial charge in [0.1, 0.15) is 0 Å². The van der Waals surface area contributed by atoms with Crippen LogP contribution in [0.1, 0.15) is 0 Å². The summed E-state index contributed by atoms with van der Waals surface area (Å²) in [6.07, 6.45) is 0. The summed E-state index contributed by atoms with van der Waals surface area (Å²) in [5.74, 6) is 0. The lowest BCUT2D eigenvalue weighted by atomic mass is 9.86. The molecule has 0 saturated carbocycles. The van der Waals surface area contributed by atoms with E-state index in [0.717, 1.165) is 22.7 Å². The van der Waals surface area contributed by atoms with Gasteiger partial charge in [-0.3, -0.25) is 0 Å². The summed E-state index contributed by atoms with van der Waals surface area (Å²) in [6, 6.07) is 88.5. The van der Waals surface area contributed by atoms with E-state index in [4.69, 9.17) is 0 Å². The van der Waals surface area contributed by atoms with E-state index in [1.54, 1.807) is 0 Å². The SMILES string of the molecule is c1ccc(-c2c3ccccc3c(-c3ccc(N(c4ccc5c(c4)c4ccccc4n5-c4ccccc4)c4ccccc4-c4cccc5ccccc45)cc3)c3ccccc23)cc1. The van der Waals surface area contributed by atoms with Crippen molar-refractivity contribution in [1.82, 2.24) is 4.57 Å². The third-order valence-electron chi connectivity index (χ3n) is 12.6. The number of hydrogen-bond acceptors (Lipinski definition) is 1. The molecule has 0 saturated heterocycles. The Labute approximate surface area is 360 Å². The van der Waals surface area contributed by atoms with Gasteiger partial charge in [-0.25, -0.2) is 0 Å². The summed E-state index contributed by atoms with van der Waals surface area (Å²) in [7, 11) is 0. The summed E-state index contributed by atoms with van der Waals surface area (Å²) in [6.45, 7) is 0. The molecule has 0 aliphatic rings. The van der Waals surface area contributed by atoms with Crippen LogP contribution in [0.3, 0.4) is 0 Å². The lowest BCUT2D eigenvalue weighted by molar-refractivity contribution is 1.18. The minimum atomic E-state index is 1.09. The van der Waals surface area contributed by atoms with Gasteiger partial charge in [0, 0.05) is 33.4 Å². The molecule has 1 aromatic heterocycles. The average Bonchev–Trinajstić information content (AvgIpc) is 3.68. The molecule has 0 bridgehead atoms. The third-order valence-corrected chi connectivity index (χ3v) is 12.6. The Balaban J connectivity index is 1.08. The Morgan fingerprint density at radius 3 is 1.47 bits per heavy atom. The van der Waals surface area contributed by atoms with Crippen LogP contribution < -0.4 is 4.90 Å². The average molecular weight is 789 g/mol. The number of hydrogen-bond donors (Lipinski definition) is 0. The van der Waals surface area contributed by atoms with Crippen molar-refractivity contribution in [2.75, 3.05) is 4.90 Å². The molecular weight excluding hydrogens is 749 g/mol. The molecule has 0 aliphatic heterocycles. The van der Waals surface area contributed by atoms with Crippen molar-refractivity contribution >= 4 is 71.2 Å². The van der Waals surface area contributed by atoms with Gasteiger partial charge in [-0.2, -0.15) is 0 Å². The molecule has 0 spiro atoms. The molecule has 290 valence electrons. The molecule has 2 nitrogen and oxygen atoms in total. The van der Waals surface area contributed by atoms with Crippen LogP contribution in [0, 0.1) is 0 Å². The zero-order valence-electron chi connectivity index (χ0n) is 34.0. The molecule has 1 heterocycles. The highest BCUT2D eigenvalue weighted by Crippen LogP contribution is 2.47. The summed E-state index contributed by atoms with van der Waals surface area (Å²) >= 11 is 0. The molecule has 11 aromatic carbocycles. The number of nitrogens with zero attached hydrogens (tertiary/aromatic N) is 2. The van der Waals surface area contributed by atoms with Crippen molar-refractivity contribution in [2.45, 2.75) is 0 Å². The maximum atomic E-state index is 2.45. The first-order chi connectivity index (χ1) is 30.8. The predicted molar refractivity (Wildman–Crippen MR) is 264 cm³/mol. The second-order valence-electron chi connectivity index (χ2n) is 16.0. The molecule has 0 radical (unpaired) electrons. The number of aromatic nitrogens is 1. The maximum Gasteiger partial charge on any atom is 0.0542 e. The zero-order chi connectivity index (χ0) is 41.0. The normalized spacial score (nSPS) is 11.5. The van der Waals surface area contributed by atoms with E-state index in [0.29, 0.717) is 0 Å². The van der Waals surface area contributed by atoms with E-state index in [1.807, 2.05) is 0 Å². The van der Waals surface area contributed by atoms with Crippen molar-refractivity contribution in [1.29, 1.82) is 0 Å². The van der Waals surface area contributed by atoms with E-state index in [2.05, 4.69) is 252 Å². The van der Waals surface area contributed by atoms with Crippen molar-refractivity contribution in [2.24, 2.45) is 0 Å². The fraction of sp³-hybridized carbons (Fsp3) is 0. The van der Waals surface area contributed by atoms with Crippen molar-refractivity contribution in [3.63, 3.8) is 0 Å². The summed E-state index contributed by atoms with van der Waals surface area (Å²) in [4.78, 5) is 2.45. The topological polar surface area (TPSA) is 8.17 Å². The first-order valence-corrected chi connectivity index (χ1v) is 21.4. The van der Waals surface area contributed by atoms with Gasteiger partial charge >= 0.3 is 0 Å². The first-order valence-electron chi connectivity index (χ1n) is 21.4. The van der Waals surface area contributed by atoms with Gasteiger partial charge in [0.15, 0.2) is 0 Å². The summed E-state index contributed by atoms with van der Waals surface area (Å²) in [5.41, 5.74) is 14.1. The molecule has 12 rings (SSSR count). The van der Waals surface area contributed by atoms with Crippen LogP contribution in [-0.2, 0) is 0 Å². The van der Waals surface area contributed by atoms with Crippen LogP contribution in [0.25, 0.3) is 93.2 Å². The van der Waals surface area contributed by atoms with E-state index < -0.39 is 0 Å². The molecule has 0 unspecified atom stereocenters. The Kier molecular flexibility index (Phi) is 8.53. The standard InChI is InChI=1S/C60H40N2/c1-3-19-42(20-4-1)59-51-27-9-11-29-53(51)60(54-30-12-10-28-52(54)59)43-34-36-45(37-35-43)61(56-32-15-13-25-49(56)48-31-17-21-41-18-7-8-24-47(41)48)46-38-39-58-55(40-46)50-26-14-16-33-57(50)62(58)44-22-5-2-6-23-44/h1-40H. The van der Waals surface area contributed by atoms with Crippen molar-refractivity contribution in [3.05, 3.63) is 243 Å². The number of para-hydroxylation sites is 3. The lowest BCUT2D eigenvalue weighted by Gasteiger charge is -2.28. The second kappa shape index (κ2) is 14.8. The molecule has 0 atom stereocenters. The smallest absolute Gasteiger partial charge is 0.0542 e. The van der Waals surface area contributed by atoms with Crippen LogP contribution in [0.2, 0.25) is 0 Å². The molecule has 62 heavy (non-hydrogen) atoms. The Morgan fingerprint density at radius 2 is 0.774 bits per heavy atom. The van der Waals surface area contributed by atoms with Crippen molar-refractivity contribution in [3.8, 4) is 39.1 Å². The fourth-order valence-electron chi connectivity index (χ4n) is 9.87. The third kappa shape index (κ3) is 5.80. The highest BCUT2D eigenvalue weighted by Gasteiger charge is 2.22. The van der Waals surface area contributed by atoms with Crippen LogP contribution in [0.15, 0.2) is 243 Å². The van der Waals surface area contributed by atoms with Crippen LogP contribution in [0.4, 0.5) is 17.1 Å². The molecule has 0 aliphatic carbocycles. The molecule has 2 heteroatoms. The lowest BCUT2D eigenvalue weighted by Crippen LogP contribution is -2.11. The van der Waals surface area contributed by atoms with Crippen LogP contribution in [0.5, 0.6) is 0 Å². The number of fused-ring (bicyclic) bond motifs is 6. The first kappa shape index (κ1) is 35.7. The van der Waals surface area contributed by atoms with Gasteiger partial charge in [-0.15, -0.1) is 0 Å². The van der Waals surface area contributed by atoms with Gasteiger partial charge in [-0.1, -0.05) is 188 Å². The number of rotatable bonds is 7. The maximum absolute atomic E-state index is 2.45. The summed E-state index contributed by atoms with van der Waals surface area (Å²) < 4.78 is 2.38. The minimum absolute atomic E-state index is 1.09. The zero-order valence-corrected chi connectivity index (χ0v) is 34.0. The van der Waals surface area contributed by atoms with Crippen LogP contribution in [-0.4, -0.2) is 4.57 Å². The Bertz CT molecular complexity index is 3560. The highest BCUT2D eigenvalue weighted by molar-refractivity contribution is 6.21. The van der Waals surface area contributed by atoms with Crippen molar-refractivity contribution < 1.29 is 0 Å². The van der Waals surface area contributed by atoms with E-state index in [1.165, 1.54) is 87.5 Å². The van der Waals surface area contributed by atoms with E-state index >= 15 is 0 Å². The molecule has 0 amide bonds. The largest absolute Gasteiger partial charge is 0.310 e. The monoisotopic (exact) mass is 788 g/mol. The van der Waals surface area contributed by atoms with E-state index in [9.17, 15) is 0 Å². The Morgan fingerprint density at radius 1 is 0.290 bits per heavy atom. The molecule has 0 N–H and O–H groups in total.